The summed E-state index contributed by atoms with van der Waals surface area (Å²) in [4.78, 5) is 23.7. The molecule has 1 fully saturated rings. The number of fused-ring (bicyclic) bond motifs is 1. The normalized spacial score (nSPS) is 17.9. The maximum atomic E-state index is 11.3. The highest BCUT2D eigenvalue weighted by Gasteiger charge is 2.24. The van der Waals surface area contributed by atoms with Gasteiger partial charge in [0.05, 0.1) is 18.1 Å². The summed E-state index contributed by atoms with van der Waals surface area (Å²) >= 11 is 5.74. The molecule has 0 aliphatic heterocycles. The van der Waals surface area contributed by atoms with Crippen LogP contribution in [0.4, 0.5) is 11.5 Å². The number of nitrogens with one attached hydrogen (secondary N) is 2. The number of hydrogen-bond donors (Lipinski definition) is 2. The summed E-state index contributed by atoms with van der Waals surface area (Å²) in [5.41, 5.74) is 0.709. The number of carbonyl (C=O) groups is 1. The Morgan fingerprint density at radius 3 is 2.65 bits per heavy atom. The van der Waals surface area contributed by atoms with Gasteiger partial charge in [-0.15, -0.1) is 0 Å². The van der Waals surface area contributed by atoms with Crippen LogP contribution in [0.1, 0.15) is 46.5 Å². The van der Waals surface area contributed by atoms with Crippen molar-refractivity contribution in [2.75, 3.05) is 5.32 Å². The Kier molecular flexibility index (Phi) is 8.00. The lowest BCUT2D eigenvalue weighted by Gasteiger charge is -2.30. The van der Waals surface area contributed by atoms with Crippen LogP contribution in [-0.4, -0.2) is 33.0 Å². The van der Waals surface area contributed by atoms with Gasteiger partial charge in [-0.05, 0) is 60.5 Å². The lowest BCUT2D eigenvalue weighted by Crippen LogP contribution is -2.40. The van der Waals surface area contributed by atoms with Gasteiger partial charge in [-0.25, -0.2) is 15.0 Å². The van der Waals surface area contributed by atoms with E-state index in [1.54, 1.807) is 25.5 Å². The second-order valence-electron chi connectivity index (χ2n) is 7.21. The van der Waals surface area contributed by atoms with E-state index >= 15 is 0 Å². The maximum Gasteiger partial charge on any atom is 0.222 e. The fourth-order valence-electron chi connectivity index (χ4n) is 3.71. The minimum atomic E-state index is 0.0139. The van der Waals surface area contributed by atoms with E-state index in [-0.39, 0.29) is 23.3 Å². The third-order valence-corrected chi connectivity index (χ3v) is 5.15. The number of amides is 1. The van der Waals surface area contributed by atoms with Crippen molar-refractivity contribution < 1.29 is 9.53 Å². The van der Waals surface area contributed by atoms with E-state index in [9.17, 15) is 4.79 Å². The van der Waals surface area contributed by atoms with Gasteiger partial charge in [0.2, 0.25) is 11.2 Å². The lowest BCUT2D eigenvalue weighted by molar-refractivity contribution is -0.120. The first-order valence-corrected chi connectivity index (χ1v) is 11.0. The fourth-order valence-corrected chi connectivity index (χ4v) is 3.80. The molecule has 2 atom stereocenters. The number of hydrogen-bond acceptors (Lipinski definition) is 6. The van der Waals surface area contributed by atoms with Crippen molar-refractivity contribution in [3.8, 4) is 5.75 Å². The van der Waals surface area contributed by atoms with Crippen molar-refractivity contribution in [2.24, 2.45) is 0 Å². The van der Waals surface area contributed by atoms with E-state index in [1.807, 2.05) is 38.1 Å². The quantitative estimate of drug-likeness (QED) is 0.524. The zero-order valence-corrected chi connectivity index (χ0v) is 18.8. The van der Waals surface area contributed by atoms with Gasteiger partial charge in [-0.2, -0.15) is 0 Å². The molecule has 2 unspecified atom stereocenters. The van der Waals surface area contributed by atoms with Crippen LogP contribution in [0, 0.1) is 0 Å². The number of benzene rings is 1. The predicted octanol–water partition coefficient (Wildman–Crippen LogP) is 5.27. The van der Waals surface area contributed by atoms with Gasteiger partial charge in [-0.3, -0.25) is 4.79 Å². The minimum Gasteiger partial charge on any atom is -0.490 e. The molecule has 3 aromatic rings. The molecule has 0 radical (unpaired) electrons. The third kappa shape index (κ3) is 6.28. The molecule has 1 aliphatic carbocycles. The number of nitrogens with zero attached hydrogens (tertiary/aromatic N) is 3. The maximum absolute atomic E-state index is 11.3. The Hall–Kier alpha value is -2.93. The molecule has 1 amide bonds. The van der Waals surface area contributed by atoms with E-state index in [0.717, 1.165) is 42.2 Å². The molecule has 2 aromatic heterocycles. The van der Waals surface area contributed by atoms with Gasteiger partial charge in [0.1, 0.15) is 17.7 Å². The molecule has 8 heteroatoms. The molecule has 1 saturated carbocycles. The molecule has 0 spiro atoms. The number of anilines is 2. The first-order valence-electron chi connectivity index (χ1n) is 10.6. The molecule has 1 aliphatic rings. The summed E-state index contributed by atoms with van der Waals surface area (Å²) in [6.07, 6.45) is 8.95. The van der Waals surface area contributed by atoms with E-state index in [2.05, 4.69) is 25.6 Å². The number of halogens is 1. The monoisotopic (exact) mass is 441 g/mol. The van der Waals surface area contributed by atoms with Gasteiger partial charge >= 0.3 is 0 Å². The van der Waals surface area contributed by atoms with Crippen molar-refractivity contribution in [1.29, 1.82) is 0 Å². The van der Waals surface area contributed by atoms with Crippen molar-refractivity contribution in [1.82, 2.24) is 20.3 Å². The van der Waals surface area contributed by atoms with Gasteiger partial charge in [0.15, 0.2) is 0 Å². The van der Waals surface area contributed by atoms with Crippen LogP contribution in [0.25, 0.3) is 10.8 Å². The predicted molar refractivity (Wildman–Crippen MR) is 124 cm³/mol. The fraction of sp³-hybridized carbons (Fsp3) is 0.391. The molecular formula is C23H28ClN5O2. The second-order valence-corrected chi connectivity index (χ2v) is 7.55. The molecule has 0 bridgehead atoms. The zero-order chi connectivity index (χ0) is 22.2. The van der Waals surface area contributed by atoms with Gasteiger partial charge in [0.25, 0.3) is 0 Å². The third-order valence-electron chi connectivity index (χ3n) is 4.96. The standard InChI is InChI=1S/C21H22ClN5O2.C2H6/c1-13(28)26-15-3-2-4-17(10-15)29-18-5-6-19-14(9-18)7-8-23-20(19)27-16-11-24-21(22)25-12-16;1-2/h5-9,11-12,15,17H,2-4,10H2,1H3,(H,23,27)(H,26,28);1-2H3. The van der Waals surface area contributed by atoms with Crippen LogP contribution >= 0.6 is 11.6 Å². The highest BCUT2D eigenvalue weighted by Crippen LogP contribution is 2.30. The minimum absolute atomic E-state index is 0.0139. The van der Waals surface area contributed by atoms with Crippen LogP contribution in [0.3, 0.4) is 0 Å². The number of pyridine rings is 1. The Bertz CT molecular complexity index is 1010. The Balaban J connectivity index is 0.00000132. The van der Waals surface area contributed by atoms with E-state index in [4.69, 9.17) is 16.3 Å². The van der Waals surface area contributed by atoms with Crippen molar-refractivity contribution in [3.63, 3.8) is 0 Å². The summed E-state index contributed by atoms with van der Waals surface area (Å²) in [6, 6.07) is 8.10. The van der Waals surface area contributed by atoms with E-state index in [0.29, 0.717) is 11.5 Å². The number of ether oxygens (including phenoxy) is 1. The molecule has 2 N–H and O–H groups in total. The van der Waals surface area contributed by atoms with Crippen LogP contribution in [0.2, 0.25) is 5.28 Å². The van der Waals surface area contributed by atoms with Crippen LogP contribution in [-0.2, 0) is 4.79 Å². The molecule has 4 rings (SSSR count). The first kappa shape index (κ1) is 22.7. The topological polar surface area (TPSA) is 89.0 Å². The SMILES string of the molecule is CC.CC(=O)NC1CCCC(Oc2ccc3c(Nc4cnc(Cl)nc4)nccc3c2)C1. The van der Waals surface area contributed by atoms with Crippen LogP contribution in [0.15, 0.2) is 42.9 Å². The largest absolute Gasteiger partial charge is 0.490 e. The summed E-state index contributed by atoms with van der Waals surface area (Å²) < 4.78 is 6.22. The van der Waals surface area contributed by atoms with Crippen LogP contribution < -0.4 is 15.4 Å². The number of rotatable bonds is 5. The second kappa shape index (κ2) is 10.9. The smallest absolute Gasteiger partial charge is 0.222 e. The first-order chi connectivity index (χ1) is 15.1. The number of carbonyl (C=O) groups excluding carboxylic acids is 1. The van der Waals surface area contributed by atoms with E-state index < -0.39 is 0 Å². The van der Waals surface area contributed by atoms with Crippen molar-refractivity contribution in [3.05, 3.63) is 48.1 Å². The zero-order valence-electron chi connectivity index (χ0n) is 18.1. The molecule has 1 aromatic carbocycles. The Morgan fingerprint density at radius 1 is 1.13 bits per heavy atom. The van der Waals surface area contributed by atoms with Crippen molar-refractivity contribution in [2.45, 2.75) is 58.6 Å². The molecule has 2 heterocycles. The Labute approximate surface area is 187 Å². The molecule has 0 saturated heterocycles. The molecular weight excluding hydrogens is 414 g/mol. The average Bonchev–Trinajstić information content (AvgIpc) is 2.77. The Morgan fingerprint density at radius 2 is 1.90 bits per heavy atom. The highest BCUT2D eigenvalue weighted by molar-refractivity contribution is 6.28. The highest BCUT2D eigenvalue weighted by atomic mass is 35.5. The van der Waals surface area contributed by atoms with Crippen molar-refractivity contribution >= 4 is 39.8 Å². The molecule has 7 nitrogen and oxygen atoms in total. The lowest BCUT2D eigenvalue weighted by atomic mass is 9.92. The number of aromatic nitrogens is 3. The molecule has 164 valence electrons. The summed E-state index contributed by atoms with van der Waals surface area (Å²) in [5, 5.41) is 8.42. The van der Waals surface area contributed by atoms with Gasteiger partial charge < -0.3 is 15.4 Å². The van der Waals surface area contributed by atoms with Crippen LogP contribution in [0.5, 0.6) is 5.75 Å². The summed E-state index contributed by atoms with van der Waals surface area (Å²) in [5.74, 6) is 1.54. The summed E-state index contributed by atoms with van der Waals surface area (Å²) in [7, 11) is 0. The van der Waals surface area contributed by atoms with Gasteiger partial charge in [-0.1, -0.05) is 13.8 Å². The van der Waals surface area contributed by atoms with Gasteiger partial charge in [0, 0.05) is 31.0 Å². The summed E-state index contributed by atoms with van der Waals surface area (Å²) in [6.45, 7) is 5.56. The average molecular weight is 442 g/mol. The molecule has 31 heavy (non-hydrogen) atoms. The van der Waals surface area contributed by atoms with E-state index in [1.165, 1.54) is 0 Å².